The molecule has 0 saturated heterocycles. The van der Waals surface area contributed by atoms with Gasteiger partial charge in [-0.3, -0.25) is 10.1 Å². The molecule has 20 heavy (non-hydrogen) atoms. The van der Waals surface area contributed by atoms with Gasteiger partial charge in [-0.2, -0.15) is 0 Å². The molecule has 1 aliphatic carbocycles. The van der Waals surface area contributed by atoms with Gasteiger partial charge in [0, 0.05) is 12.1 Å². The minimum absolute atomic E-state index is 0.0369. The maximum Gasteiger partial charge on any atom is 0.312 e. The van der Waals surface area contributed by atoms with Crippen LogP contribution in [0.1, 0.15) is 25.7 Å². The Bertz CT molecular complexity index is 608. The summed E-state index contributed by atoms with van der Waals surface area (Å²) in [6.45, 7) is 0. The third-order valence-corrected chi connectivity index (χ3v) is 4.85. The number of hydrogen-bond donors (Lipinski definition) is 1. The summed E-state index contributed by atoms with van der Waals surface area (Å²) in [5.74, 6) is 0.0369. The number of ether oxygens (including phenoxy) is 1. The van der Waals surface area contributed by atoms with Gasteiger partial charge in [-0.1, -0.05) is 12.8 Å². The highest BCUT2D eigenvalue weighted by atomic mass is 32.2. The Kier molecular flexibility index (Phi) is 4.24. The highest BCUT2D eigenvalue weighted by molar-refractivity contribution is 7.89. The molecule has 1 saturated carbocycles. The molecular formula is C12H16N2O5S. The van der Waals surface area contributed by atoms with E-state index in [1.807, 2.05) is 0 Å². The van der Waals surface area contributed by atoms with Crippen molar-refractivity contribution in [2.75, 3.05) is 7.11 Å². The van der Waals surface area contributed by atoms with Crippen LogP contribution in [0.25, 0.3) is 0 Å². The number of sulfonamides is 1. The van der Waals surface area contributed by atoms with Crippen LogP contribution < -0.4 is 9.46 Å². The monoisotopic (exact) mass is 300 g/mol. The standard InChI is InChI=1S/C12H16N2O5S/c1-19-12-7-6-10(8-11(12)14(15)16)20(17,18)13-9-4-2-3-5-9/h6-9,13H,2-5H2,1H3. The second-order valence-corrected chi connectivity index (χ2v) is 6.41. The van der Waals surface area contributed by atoms with Gasteiger partial charge >= 0.3 is 5.69 Å². The fourth-order valence-electron chi connectivity index (χ4n) is 2.31. The van der Waals surface area contributed by atoms with Crippen LogP contribution in [0.15, 0.2) is 23.1 Å². The zero-order valence-corrected chi connectivity index (χ0v) is 11.9. The number of benzene rings is 1. The second kappa shape index (κ2) is 5.76. The van der Waals surface area contributed by atoms with Gasteiger partial charge in [0.25, 0.3) is 0 Å². The van der Waals surface area contributed by atoms with Gasteiger partial charge in [-0.05, 0) is 25.0 Å². The Morgan fingerprint density at radius 3 is 2.55 bits per heavy atom. The van der Waals surface area contributed by atoms with Crippen molar-refractivity contribution in [1.29, 1.82) is 0 Å². The maximum atomic E-state index is 12.2. The quantitative estimate of drug-likeness (QED) is 0.660. The SMILES string of the molecule is COc1ccc(S(=O)(=O)NC2CCCC2)cc1[N+](=O)[O-]. The third kappa shape index (κ3) is 3.07. The van der Waals surface area contributed by atoms with Crippen molar-refractivity contribution in [3.8, 4) is 5.75 Å². The highest BCUT2D eigenvalue weighted by Gasteiger charge is 2.25. The molecule has 0 bridgehead atoms. The van der Waals surface area contributed by atoms with Crippen LogP contribution in [-0.4, -0.2) is 26.5 Å². The molecule has 1 aliphatic rings. The van der Waals surface area contributed by atoms with E-state index in [1.165, 1.54) is 19.2 Å². The fourth-order valence-corrected chi connectivity index (χ4v) is 3.64. The molecule has 1 N–H and O–H groups in total. The van der Waals surface area contributed by atoms with E-state index < -0.39 is 14.9 Å². The minimum Gasteiger partial charge on any atom is -0.490 e. The lowest BCUT2D eigenvalue weighted by atomic mass is 10.3. The molecule has 1 aromatic rings. The van der Waals surface area contributed by atoms with E-state index >= 15 is 0 Å². The van der Waals surface area contributed by atoms with Gasteiger partial charge < -0.3 is 4.74 Å². The number of nitro groups is 1. The van der Waals surface area contributed by atoms with Crippen LogP contribution in [0.3, 0.4) is 0 Å². The first-order chi connectivity index (χ1) is 9.44. The third-order valence-electron chi connectivity index (χ3n) is 3.33. The Hall–Kier alpha value is -1.67. The van der Waals surface area contributed by atoms with Crippen molar-refractivity contribution in [3.63, 3.8) is 0 Å². The average Bonchev–Trinajstić information content (AvgIpc) is 2.89. The summed E-state index contributed by atoms with van der Waals surface area (Å²) in [7, 11) is -2.44. The predicted octanol–water partition coefficient (Wildman–Crippen LogP) is 1.82. The topological polar surface area (TPSA) is 98.5 Å². The van der Waals surface area contributed by atoms with Crippen LogP contribution in [0.5, 0.6) is 5.75 Å². The maximum absolute atomic E-state index is 12.2. The van der Waals surface area contributed by atoms with Crippen LogP contribution in [0.4, 0.5) is 5.69 Å². The second-order valence-electron chi connectivity index (χ2n) is 4.69. The summed E-state index contributed by atoms with van der Waals surface area (Å²) < 4.78 is 31.8. The van der Waals surface area contributed by atoms with E-state index in [4.69, 9.17) is 4.74 Å². The zero-order valence-electron chi connectivity index (χ0n) is 11.0. The summed E-state index contributed by atoms with van der Waals surface area (Å²) in [6, 6.07) is 3.54. The molecule has 0 unspecified atom stereocenters. The van der Waals surface area contributed by atoms with Crippen LogP contribution in [0.2, 0.25) is 0 Å². The molecule has 0 amide bonds. The molecule has 0 atom stereocenters. The smallest absolute Gasteiger partial charge is 0.312 e. The van der Waals surface area contributed by atoms with Crippen molar-refractivity contribution in [1.82, 2.24) is 4.72 Å². The van der Waals surface area contributed by atoms with Gasteiger partial charge in [0.2, 0.25) is 10.0 Å². The summed E-state index contributed by atoms with van der Waals surface area (Å²) in [6.07, 6.45) is 3.60. The Balaban J connectivity index is 2.31. The predicted molar refractivity (Wildman–Crippen MR) is 72.2 cm³/mol. The highest BCUT2D eigenvalue weighted by Crippen LogP contribution is 2.29. The number of methoxy groups -OCH3 is 1. The molecular weight excluding hydrogens is 284 g/mol. The molecule has 1 fully saturated rings. The molecule has 8 heteroatoms. The van der Waals surface area contributed by atoms with E-state index in [1.54, 1.807) is 0 Å². The average molecular weight is 300 g/mol. The molecule has 110 valence electrons. The van der Waals surface area contributed by atoms with Crippen molar-refractivity contribution in [2.24, 2.45) is 0 Å². The van der Waals surface area contributed by atoms with Crippen LogP contribution in [-0.2, 0) is 10.0 Å². The van der Waals surface area contributed by atoms with Gasteiger partial charge in [-0.25, -0.2) is 13.1 Å². The summed E-state index contributed by atoms with van der Waals surface area (Å²) in [4.78, 5) is 10.1. The first-order valence-electron chi connectivity index (χ1n) is 6.29. The summed E-state index contributed by atoms with van der Waals surface area (Å²) >= 11 is 0. The van der Waals surface area contributed by atoms with E-state index in [9.17, 15) is 18.5 Å². The first kappa shape index (κ1) is 14.7. The van der Waals surface area contributed by atoms with Crippen LogP contribution >= 0.6 is 0 Å². The molecule has 1 aromatic carbocycles. The lowest BCUT2D eigenvalue weighted by Crippen LogP contribution is -2.32. The van der Waals surface area contributed by atoms with E-state index in [0.717, 1.165) is 31.7 Å². The molecule has 0 aromatic heterocycles. The summed E-state index contributed by atoms with van der Waals surface area (Å²) in [5, 5.41) is 10.9. The van der Waals surface area contributed by atoms with Crippen LogP contribution in [0, 0.1) is 10.1 Å². The van der Waals surface area contributed by atoms with Crippen molar-refractivity contribution in [3.05, 3.63) is 28.3 Å². The molecule has 0 spiro atoms. The minimum atomic E-state index is -3.73. The summed E-state index contributed by atoms with van der Waals surface area (Å²) in [5.41, 5.74) is -0.359. The number of nitrogens with zero attached hydrogens (tertiary/aromatic N) is 1. The van der Waals surface area contributed by atoms with Crippen molar-refractivity contribution >= 4 is 15.7 Å². The van der Waals surface area contributed by atoms with Gasteiger partial charge in [0.1, 0.15) is 0 Å². The van der Waals surface area contributed by atoms with Gasteiger partial charge in [0.15, 0.2) is 5.75 Å². The molecule has 0 radical (unpaired) electrons. The molecule has 0 heterocycles. The fraction of sp³-hybridized carbons (Fsp3) is 0.500. The number of nitrogens with one attached hydrogen (secondary N) is 1. The van der Waals surface area contributed by atoms with Crippen molar-refractivity contribution in [2.45, 2.75) is 36.6 Å². The van der Waals surface area contributed by atoms with Crippen molar-refractivity contribution < 1.29 is 18.1 Å². The molecule has 7 nitrogen and oxygen atoms in total. The lowest BCUT2D eigenvalue weighted by Gasteiger charge is -2.12. The molecule has 0 aliphatic heterocycles. The van der Waals surface area contributed by atoms with E-state index in [-0.39, 0.29) is 22.4 Å². The number of rotatable bonds is 5. The van der Waals surface area contributed by atoms with E-state index in [0.29, 0.717) is 0 Å². The first-order valence-corrected chi connectivity index (χ1v) is 7.77. The Morgan fingerprint density at radius 2 is 2.00 bits per heavy atom. The Labute approximate surface area is 117 Å². The zero-order chi connectivity index (χ0) is 14.8. The number of hydrogen-bond acceptors (Lipinski definition) is 5. The largest absolute Gasteiger partial charge is 0.490 e. The molecule has 2 rings (SSSR count). The number of nitro benzene ring substituents is 1. The Morgan fingerprint density at radius 1 is 1.35 bits per heavy atom. The van der Waals surface area contributed by atoms with Gasteiger partial charge in [0.05, 0.1) is 16.9 Å². The van der Waals surface area contributed by atoms with E-state index in [2.05, 4.69) is 4.72 Å². The van der Waals surface area contributed by atoms with Gasteiger partial charge in [-0.15, -0.1) is 0 Å². The lowest BCUT2D eigenvalue weighted by molar-refractivity contribution is -0.386. The normalized spacial score (nSPS) is 16.2.